The van der Waals surface area contributed by atoms with Crippen LogP contribution in [-0.2, 0) is 16.2 Å². The third-order valence-corrected chi connectivity index (χ3v) is 22.7. The van der Waals surface area contributed by atoms with Crippen LogP contribution in [0.3, 0.4) is 0 Å². The Kier molecular flexibility index (Phi) is 11.5. The van der Waals surface area contributed by atoms with Crippen LogP contribution in [0.25, 0.3) is 0 Å². The average Bonchev–Trinajstić information content (AvgIpc) is 3.36. The van der Waals surface area contributed by atoms with Crippen LogP contribution in [0.15, 0.2) is 103 Å². The number of hydrogen-bond acceptors (Lipinski definition) is 2. The van der Waals surface area contributed by atoms with Gasteiger partial charge in [-0.2, -0.15) is 0 Å². The van der Waals surface area contributed by atoms with Gasteiger partial charge in [-0.3, -0.25) is 0 Å². The zero-order chi connectivity index (χ0) is 29.4. The maximum atomic E-state index is 10.2. The van der Waals surface area contributed by atoms with Crippen LogP contribution in [0.5, 0.6) is 0 Å². The average molecular weight is 682 g/mol. The summed E-state index contributed by atoms with van der Waals surface area (Å²) in [5, 5.41) is 8.35. The number of halogens is 1. The third kappa shape index (κ3) is 9.49. The molecule has 0 fully saturated rings. The van der Waals surface area contributed by atoms with Gasteiger partial charge in [0.05, 0.1) is 4.34 Å². The van der Waals surface area contributed by atoms with Crippen LogP contribution in [0.1, 0.15) is 67.9 Å². The topological polar surface area (TPSA) is 37.3 Å². The molecule has 0 aliphatic carbocycles. The van der Waals surface area contributed by atoms with Crippen molar-refractivity contribution in [2.24, 2.45) is 0 Å². The van der Waals surface area contributed by atoms with Crippen molar-refractivity contribution < 1.29 is 9.90 Å². The van der Waals surface area contributed by atoms with E-state index in [1.165, 1.54) is 36.1 Å². The number of rotatable bonds is 10. The molecule has 0 atom stereocenters. The normalized spacial score (nSPS) is 12.1. The molecule has 4 aromatic rings. The molecule has 0 bridgehead atoms. The summed E-state index contributed by atoms with van der Waals surface area (Å²) >= 11 is 4.52. The van der Waals surface area contributed by atoms with Crippen molar-refractivity contribution in [1.82, 2.24) is 0 Å². The van der Waals surface area contributed by atoms with E-state index < -0.39 is 25.7 Å². The van der Waals surface area contributed by atoms with Gasteiger partial charge in [-0.15, -0.1) is 11.3 Å². The van der Waals surface area contributed by atoms with E-state index >= 15 is 0 Å². The van der Waals surface area contributed by atoms with Gasteiger partial charge in [0, 0.05) is 0 Å². The minimum Gasteiger partial charge on any atom is -0.477 e. The Morgan fingerprint density at radius 1 is 0.625 bits per heavy atom. The summed E-state index contributed by atoms with van der Waals surface area (Å²) in [6, 6.07) is 36.6. The molecule has 1 aromatic heterocycles. The molecule has 3 aromatic carbocycles. The smallest absolute Gasteiger partial charge is 0.345 e. The molecule has 5 heteroatoms. The van der Waals surface area contributed by atoms with Gasteiger partial charge in [-0.25, -0.2) is 4.79 Å². The quantitative estimate of drug-likeness (QED) is 0.169. The Morgan fingerprint density at radius 3 is 1.18 bits per heavy atom. The van der Waals surface area contributed by atoms with E-state index in [-0.39, 0.29) is 21.1 Å². The second-order valence-electron chi connectivity index (χ2n) is 12.6. The Hall–Kier alpha value is -2.08. The van der Waals surface area contributed by atoms with Crippen molar-refractivity contribution in [3.8, 4) is 0 Å². The monoisotopic (exact) mass is 682 g/mol. The van der Waals surface area contributed by atoms with Crippen LogP contribution < -0.4 is 0 Å². The standard InChI is InChI=1S/3C10H13.C5H3ClO2S.Sn.H/c3*1-10(2,3)9-7-5-4-6-8-9;6-4-2-1-3(9-4)5(7)8;;/h3*4-8H,1H2,2-3H3;1-2H,(H,7,8);;. The van der Waals surface area contributed by atoms with E-state index in [2.05, 4.69) is 133 Å². The first-order chi connectivity index (χ1) is 18.8. The first-order valence-corrected chi connectivity index (χ1v) is 22.1. The van der Waals surface area contributed by atoms with Crippen molar-refractivity contribution >= 4 is 48.7 Å². The van der Waals surface area contributed by atoms with Gasteiger partial charge in [-0.05, 0) is 12.1 Å². The summed E-state index contributed by atoms with van der Waals surface area (Å²) in [4.78, 5) is 10.4. The molecule has 0 saturated carbocycles. The van der Waals surface area contributed by atoms with E-state index in [1.807, 2.05) is 0 Å². The van der Waals surface area contributed by atoms with E-state index in [0.717, 1.165) is 11.3 Å². The molecule has 0 saturated heterocycles. The maximum absolute atomic E-state index is 10.2. The number of thiophene rings is 1. The molecule has 0 amide bonds. The van der Waals surface area contributed by atoms with E-state index in [4.69, 9.17) is 16.7 Å². The molecule has 4 rings (SSSR count). The third-order valence-electron chi connectivity index (χ3n) is 7.85. The Balaban J connectivity index is 0.000000415. The Labute approximate surface area is 257 Å². The van der Waals surface area contributed by atoms with Crippen molar-refractivity contribution in [3.63, 3.8) is 0 Å². The molecular weight excluding hydrogens is 639 g/mol. The summed E-state index contributed by atoms with van der Waals surface area (Å²) in [6.45, 7) is 14.8. The zero-order valence-electron chi connectivity index (χ0n) is 24.7. The summed E-state index contributed by atoms with van der Waals surface area (Å²) in [5.74, 6) is -0.924. The Morgan fingerprint density at radius 2 is 0.950 bits per heavy atom. The van der Waals surface area contributed by atoms with E-state index in [1.54, 1.807) is 6.07 Å². The second-order valence-corrected chi connectivity index (χ2v) is 22.8. The second kappa shape index (κ2) is 14.2. The summed E-state index contributed by atoms with van der Waals surface area (Å²) in [7, 11) is 0. The summed E-state index contributed by atoms with van der Waals surface area (Å²) in [6.07, 6.45) is 0. The molecule has 0 unspecified atom stereocenters. The maximum Gasteiger partial charge on any atom is 0.345 e. The Bertz CT molecular complexity index is 1200. The molecule has 0 radical (unpaired) electrons. The van der Waals surface area contributed by atoms with Crippen LogP contribution in [0.4, 0.5) is 0 Å². The number of aromatic carboxylic acids is 1. The van der Waals surface area contributed by atoms with Crippen LogP contribution in [0, 0.1) is 0 Å². The SMILES string of the molecule is CC(C)([CH2][SnH]([CH2]C(C)(C)c1ccccc1)[CH2]C(C)(C)c1ccccc1)c1ccccc1.O=C(O)c1ccc(Cl)s1. The first kappa shape index (κ1) is 32.4. The van der Waals surface area contributed by atoms with Crippen molar-refractivity contribution in [2.45, 2.75) is 71.1 Å². The molecule has 0 spiro atoms. The fourth-order valence-electron chi connectivity index (χ4n) is 5.83. The predicted molar refractivity (Wildman–Crippen MR) is 176 cm³/mol. The number of carbonyl (C=O) groups is 1. The van der Waals surface area contributed by atoms with Crippen LogP contribution in [-0.4, -0.2) is 30.8 Å². The van der Waals surface area contributed by atoms with Gasteiger partial charge in [0.2, 0.25) is 0 Å². The van der Waals surface area contributed by atoms with Gasteiger partial charge < -0.3 is 5.11 Å². The van der Waals surface area contributed by atoms with E-state index in [9.17, 15) is 4.79 Å². The molecule has 0 aliphatic rings. The van der Waals surface area contributed by atoms with E-state index in [0.29, 0.717) is 4.34 Å². The number of carboxylic acids is 1. The number of carboxylic acid groups (broad SMARTS) is 1. The predicted octanol–water partition coefficient (Wildman–Crippen LogP) is 10.2. The summed E-state index contributed by atoms with van der Waals surface area (Å²) < 4.78 is 4.69. The molecule has 212 valence electrons. The molecule has 2 nitrogen and oxygen atoms in total. The van der Waals surface area contributed by atoms with Gasteiger partial charge in [0.1, 0.15) is 4.88 Å². The molecule has 40 heavy (non-hydrogen) atoms. The van der Waals surface area contributed by atoms with Gasteiger partial charge >= 0.3 is 205 Å². The fourth-order valence-corrected chi connectivity index (χ4v) is 22.3. The minimum atomic E-state index is -2.00. The van der Waals surface area contributed by atoms with Gasteiger partial charge in [-0.1, -0.05) is 11.6 Å². The van der Waals surface area contributed by atoms with Crippen molar-refractivity contribution in [3.05, 3.63) is 129 Å². The van der Waals surface area contributed by atoms with Crippen molar-refractivity contribution in [2.75, 3.05) is 0 Å². The van der Waals surface area contributed by atoms with Gasteiger partial charge in [0.15, 0.2) is 0 Å². The van der Waals surface area contributed by atoms with Crippen LogP contribution >= 0.6 is 22.9 Å². The first-order valence-electron chi connectivity index (χ1n) is 14.0. The molecule has 1 heterocycles. The number of benzene rings is 3. The molecular formula is C35H43ClO2SSn. The fraction of sp³-hybridized carbons (Fsp3) is 0.343. The zero-order valence-corrected chi connectivity index (χ0v) is 29.5. The molecule has 1 N–H and O–H groups in total. The largest absolute Gasteiger partial charge is 0.477 e. The molecule has 0 aliphatic heterocycles. The minimum absolute atomic E-state index is 0.238. The number of hydrogen-bond donors (Lipinski definition) is 1. The van der Waals surface area contributed by atoms with Crippen molar-refractivity contribution in [1.29, 1.82) is 0 Å². The van der Waals surface area contributed by atoms with Gasteiger partial charge in [0.25, 0.3) is 0 Å². The summed E-state index contributed by atoms with van der Waals surface area (Å²) in [5.41, 5.74) is 5.19. The van der Waals surface area contributed by atoms with Crippen LogP contribution in [0.2, 0.25) is 17.6 Å².